The van der Waals surface area contributed by atoms with Crippen molar-refractivity contribution in [2.75, 3.05) is 7.05 Å². The van der Waals surface area contributed by atoms with Crippen molar-refractivity contribution in [3.05, 3.63) is 87.5 Å². The Morgan fingerprint density at radius 3 is 2.31 bits per heavy atom. The Bertz CT molecular complexity index is 1450. The van der Waals surface area contributed by atoms with Crippen LogP contribution in [-0.4, -0.2) is 18.0 Å². The molecule has 1 fully saturated rings. The molecule has 1 aliphatic heterocycles. The van der Waals surface area contributed by atoms with Gasteiger partial charge in [-0.25, -0.2) is 0 Å². The van der Waals surface area contributed by atoms with Crippen LogP contribution in [-0.2, 0) is 5.41 Å². The van der Waals surface area contributed by atoms with Crippen LogP contribution in [0.2, 0.25) is 0 Å². The first-order valence-electron chi connectivity index (χ1n) is 15.8. The Balaban J connectivity index is 1.64. The second kappa shape index (κ2) is 9.25. The molecule has 1 spiro atoms. The van der Waals surface area contributed by atoms with Crippen molar-refractivity contribution in [2.45, 2.75) is 105 Å². The number of hydrogen-bond donors (Lipinski definition) is 0. The molecule has 1 heteroatoms. The molecule has 6 rings (SSSR count). The van der Waals surface area contributed by atoms with Gasteiger partial charge in [-0.1, -0.05) is 95.7 Å². The maximum absolute atomic E-state index is 2.79. The average Bonchev–Trinajstić information content (AvgIpc) is 3.55. The lowest BCUT2D eigenvalue weighted by atomic mass is 9.64. The SMILES string of the molecule is C/C=C1\C(C)=C2c3c(cc4ccccc4c3C1(C)C)C1C(N2C)C12C=C(C(CC)CC)C=C(C(CC)CC)C2. The van der Waals surface area contributed by atoms with E-state index in [0.717, 1.165) is 0 Å². The molecule has 3 atom stereocenters. The van der Waals surface area contributed by atoms with E-state index in [1.807, 2.05) is 0 Å². The van der Waals surface area contributed by atoms with Crippen molar-refractivity contribution < 1.29 is 0 Å². The highest BCUT2D eigenvalue weighted by Crippen LogP contribution is 2.73. The van der Waals surface area contributed by atoms with Crippen molar-refractivity contribution in [1.29, 1.82) is 0 Å². The maximum atomic E-state index is 2.79. The van der Waals surface area contributed by atoms with E-state index >= 15 is 0 Å². The maximum Gasteiger partial charge on any atom is 0.0479 e. The zero-order chi connectivity index (χ0) is 27.9. The molecule has 2 aromatic carbocycles. The minimum atomic E-state index is -0.0212. The summed E-state index contributed by atoms with van der Waals surface area (Å²) in [6, 6.07) is 12.3. The number of hydrogen-bond acceptors (Lipinski definition) is 1. The van der Waals surface area contributed by atoms with Crippen LogP contribution in [0.5, 0.6) is 0 Å². The molecule has 206 valence electrons. The summed E-state index contributed by atoms with van der Waals surface area (Å²) in [6.45, 7) is 19.1. The molecular weight excluding hydrogens is 470 g/mol. The summed E-state index contributed by atoms with van der Waals surface area (Å²) in [4.78, 5) is 2.73. The minimum Gasteiger partial charge on any atom is -0.369 e. The Morgan fingerprint density at radius 1 is 1.00 bits per heavy atom. The first-order chi connectivity index (χ1) is 18.7. The molecule has 2 aromatic rings. The van der Waals surface area contributed by atoms with Gasteiger partial charge in [-0.05, 0) is 96.4 Å². The van der Waals surface area contributed by atoms with Gasteiger partial charge in [0, 0.05) is 41.1 Å². The molecule has 0 radical (unpaired) electrons. The van der Waals surface area contributed by atoms with E-state index in [0.29, 0.717) is 23.8 Å². The van der Waals surface area contributed by atoms with Gasteiger partial charge in [-0.15, -0.1) is 0 Å². The Kier molecular flexibility index (Phi) is 6.33. The number of rotatable bonds is 6. The summed E-state index contributed by atoms with van der Waals surface area (Å²) >= 11 is 0. The van der Waals surface area contributed by atoms with Gasteiger partial charge < -0.3 is 4.90 Å². The van der Waals surface area contributed by atoms with Gasteiger partial charge in [0.25, 0.3) is 0 Å². The van der Waals surface area contributed by atoms with Crippen molar-refractivity contribution in [1.82, 2.24) is 4.90 Å². The molecule has 0 bridgehead atoms. The molecule has 3 unspecified atom stereocenters. The van der Waals surface area contributed by atoms with Gasteiger partial charge in [-0.2, -0.15) is 0 Å². The molecule has 0 aromatic heterocycles. The highest BCUT2D eigenvalue weighted by molar-refractivity contribution is 5.98. The third-order valence-corrected chi connectivity index (χ3v) is 11.4. The molecule has 1 nitrogen and oxygen atoms in total. The fraction of sp³-hybridized carbons (Fsp3) is 0.526. The van der Waals surface area contributed by atoms with Crippen molar-refractivity contribution in [3.63, 3.8) is 0 Å². The Hall–Kier alpha value is -2.54. The van der Waals surface area contributed by atoms with Crippen LogP contribution >= 0.6 is 0 Å². The lowest BCUT2D eigenvalue weighted by Crippen LogP contribution is -2.36. The van der Waals surface area contributed by atoms with Crippen LogP contribution in [0, 0.1) is 17.3 Å². The fourth-order valence-electron chi connectivity index (χ4n) is 9.56. The molecule has 39 heavy (non-hydrogen) atoms. The highest BCUT2D eigenvalue weighted by atomic mass is 15.2. The van der Waals surface area contributed by atoms with E-state index < -0.39 is 0 Å². The number of allylic oxidation sites excluding steroid dienone is 6. The normalized spacial score (nSPS) is 27.9. The lowest BCUT2D eigenvalue weighted by molar-refractivity contribution is 0.381. The molecule has 3 aliphatic carbocycles. The van der Waals surface area contributed by atoms with E-state index in [-0.39, 0.29) is 10.8 Å². The average molecular weight is 520 g/mol. The summed E-state index contributed by atoms with van der Waals surface area (Å²) in [6.07, 6.45) is 14.0. The van der Waals surface area contributed by atoms with E-state index in [1.165, 1.54) is 59.7 Å². The monoisotopic (exact) mass is 519 g/mol. The van der Waals surface area contributed by atoms with Crippen LogP contribution in [0.15, 0.2) is 70.9 Å². The van der Waals surface area contributed by atoms with Gasteiger partial charge in [0.05, 0.1) is 0 Å². The highest BCUT2D eigenvalue weighted by Gasteiger charge is 2.69. The third-order valence-electron chi connectivity index (χ3n) is 11.4. The van der Waals surface area contributed by atoms with Gasteiger partial charge in [-0.3, -0.25) is 0 Å². The molecular formula is C38H49N. The zero-order valence-corrected chi connectivity index (χ0v) is 25.9. The second-order valence-electron chi connectivity index (χ2n) is 13.5. The van der Waals surface area contributed by atoms with Crippen LogP contribution in [0.3, 0.4) is 0 Å². The summed E-state index contributed by atoms with van der Waals surface area (Å²) in [5.74, 6) is 1.91. The summed E-state index contributed by atoms with van der Waals surface area (Å²) in [5, 5.41) is 2.84. The first-order valence-corrected chi connectivity index (χ1v) is 15.8. The van der Waals surface area contributed by atoms with Crippen molar-refractivity contribution in [3.8, 4) is 0 Å². The van der Waals surface area contributed by atoms with Gasteiger partial charge in [0.15, 0.2) is 0 Å². The number of benzene rings is 2. The van der Waals surface area contributed by atoms with Gasteiger partial charge >= 0.3 is 0 Å². The molecule has 1 saturated carbocycles. The predicted octanol–water partition coefficient (Wildman–Crippen LogP) is 10.3. The Morgan fingerprint density at radius 2 is 1.67 bits per heavy atom. The number of fused-ring (bicyclic) bond motifs is 6. The smallest absolute Gasteiger partial charge is 0.0479 e. The third kappa shape index (κ3) is 3.50. The predicted molar refractivity (Wildman–Crippen MR) is 169 cm³/mol. The zero-order valence-electron chi connectivity index (χ0n) is 25.9. The second-order valence-corrected chi connectivity index (χ2v) is 13.5. The lowest BCUT2D eigenvalue weighted by Gasteiger charge is -2.44. The van der Waals surface area contributed by atoms with Crippen LogP contribution < -0.4 is 0 Å². The van der Waals surface area contributed by atoms with E-state index in [2.05, 4.69) is 116 Å². The number of likely N-dealkylation sites (N-methyl/N-ethyl adjacent to an activating group) is 1. The largest absolute Gasteiger partial charge is 0.369 e. The van der Waals surface area contributed by atoms with Crippen molar-refractivity contribution >= 4 is 16.5 Å². The van der Waals surface area contributed by atoms with E-state index in [9.17, 15) is 0 Å². The standard InChI is InChI=1S/C38H49N/c1-10-24(11-2)27-19-28(25(12-3)13-4)22-38(21-27)34-30-20-26-17-15-16-18-29(26)33-32(30)35(39(9)36(34)38)23(6)31(14-5)37(33,7)8/h14-21,24-25,34,36H,10-13,22H2,1-9H3/b31-14+. The quantitative estimate of drug-likeness (QED) is 0.367. The van der Waals surface area contributed by atoms with E-state index in [1.54, 1.807) is 27.8 Å². The van der Waals surface area contributed by atoms with E-state index in [4.69, 9.17) is 0 Å². The first kappa shape index (κ1) is 26.7. The molecule has 0 N–H and O–H groups in total. The molecule has 4 aliphatic rings. The summed E-state index contributed by atoms with van der Waals surface area (Å²) in [7, 11) is 2.42. The van der Waals surface area contributed by atoms with Gasteiger partial charge in [0.2, 0.25) is 0 Å². The topological polar surface area (TPSA) is 3.24 Å². The van der Waals surface area contributed by atoms with Crippen molar-refractivity contribution in [2.24, 2.45) is 17.3 Å². The molecule has 0 amide bonds. The fourth-order valence-corrected chi connectivity index (χ4v) is 9.56. The number of nitrogens with zero attached hydrogens (tertiary/aromatic N) is 1. The Labute approximate surface area is 237 Å². The van der Waals surface area contributed by atoms with Crippen LogP contribution in [0.1, 0.15) is 110 Å². The molecule has 1 heterocycles. The summed E-state index contributed by atoms with van der Waals surface area (Å²) < 4.78 is 0. The summed E-state index contributed by atoms with van der Waals surface area (Å²) in [5.41, 5.74) is 12.7. The van der Waals surface area contributed by atoms with Crippen LogP contribution in [0.4, 0.5) is 0 Å². The molecule has 0 saturated heterocycles. The van der Waals surface area contributed by atoms with Gasteiger partial charge in [0.1, 0.15) is 0 Å². The van der Waals surface area contributed by atoms with Crippen LogP contribution in [0.25, 0.3) is 16.5 Å². The minimum absolute atomic E-state index is 0.0212.